The van der Waals surface area contributed by atoms with Gasteiger partial charge in [-0.2, -0.15) is 4.98 Å². The van der Waals surface area contributed by atoms with E-state index in [-0.39, 0.29) is 27.6 Å². The summed E-state index contributed by atoms with van der Waals surface area (Å²) < 4.78 is 9.79. The highest BCUT2D eigenvalue weighted by atomic mass is 35.5. The van der Waals surface area contributed by atoms with E-state index in [2.05, 4.69) is 20.5 Å². The molecule has 1 aromatic carbocycles. The lowest BCUT2D eigenvalue weighted by molar-refractivity contribution is 0.102. The number of halogens is 2. The van der Waals surface area contributed by atoms with Gasteiger partial charge in [0.25, 0.3) is 5.91 Å². The molecule has 2 N–H and O–H groups in total. The van der Waals surface area contributed by atoms with E-state index in [1.807, 2.05) is 0 Å². The van der Waals surface area contributed by atoms with Crippen molar-refractivity contribution in [2.75, 3.05) is 19.5 Å². The van der Waals surface area contributed by atoms with Gasteiger partial charge in [0.15, 0.2) is 5.75 Å². The summed E-state index contributed by atoms with van der Waals surface area (Å²) in [7, 11) is 2.85. The van der Waals surface area contributed by atoms with Crippen molar-refractivity contribution >= 4 is 35.1 Å². The first-order valence-corrected chi connectivity index (χ1v) is 6.11. The molecule has 106 valence electrons. The van der Waals surface area contributed by atoms with Crippen molar-refractivity contribution in [1.29, 1.82) is 0 Å². The fraction of sp³-hybridized carbons (Fsp3) is 0.182. The van der Waals surface area contributed by atoms with Crippen LogP contribution in [-0.2, 0) is 0 Å². The average Bonchev–Trinajstić information content (AvgIpc) is 2.86. The van der Waals surface area contributed by atoms with E-state index < -0.39 is 5.91 Å². The van der Waals surface area contributed by atoms with E-state index in [0.717, 1.165) is 0 Å². The van der Waals surface area contributed by atoms with Crippen LogP contribution >= 0.6 is 23.2 Å². The van der Waals surface area contributed by atoms with Gasteiger partial charge >= 0.3 is 6.01 Å². The van der Waals surface area contributed by atoms with Gasteiger partial charge < -0.3 is 9.47 Å². The van der Waals surface area contributed by atoms with Gasteiger partial charge in [0, 0.05) is 5.56 Å². The second-order valence-electron chi connectivity index (χ2n) is 3.60. The van der Waals surface area contributed by atoms with Gasteiger partial charge in [-0.25, -0.2) is 5.10 Å². The second-order valence-corrected chi connectivity index (χ2v) is 4.41. The number of methoxy groups -OCH3 is 2. The van der Waals surface area contributed by atoms with Crippen LogP contribution in [-0.4, -0.2) is 35.3 Å². The van der Waals surface area contributed by atoms with Crippen molar-refractivity contribution in [3.05, 3.63) is 27.7 Å². The molecule has 2 aromatic rings. The third-order valence-electron chi connectivity index (χ3n) is 2.34. The minimum atomic E-state index is -0.449. The number of aromatic nitrogens is 3. The number of ether oxygens (including phenoxy) is 2. The van der Waals surface area contributed by atoms with Gasteiger partial charge in [-0.1, -0.05) is 23.2 Å². The zero-order chi connectivity index (χ0) is 14.7. The molecule has 0 saturated heterocycles. The topological polar surface area (TPSA) is 89.1 Å². The molecule has 0 fully saturated rings. The van der Waals surface area contributed by atoms with Crippen LogP contribution in [0.15, 0.2) is 12.1 Å². The largest absolute Gasteiger partial charge is 0.494 e. The zero-order valence-electron chi connectivity index (χ0n) is 10.5. The Balaban J connectivity index is 2.21. The Morgan fingerprint density at radius 3 is 2.40 bits per heavy atom. The smallest absolute Gasteiger partial charge is 0.336 e. The summed E-state index contributed by atoms with van der Waals surface area (Å²) in [5, 5.41) is 9.17. The number of carbonyl (C=O) groups is 1. The first-order chi connectivity index (χ1) is 9.55. The van der Waals surface area contributed by atoms with Crippen molar-refractivity contribution in [2.24, 2.45) is 0 Å². The lowest BCUT2D eigenvalue weighted by Crippen LogP contribution is -2.13. The minimum Gasteiger partial charge on any atom is -0.494 e. The fourth-order valence-electron chi connectivity index (χ4n) is 1.46. The van der Waals surface area contributed by atoms with Crippen molar-refractivity contribution in [3.63, 3.8) is 0 Å². The van der Waals surface area contributed by atoms with Crippen molar-refractivity contribution in [1.82, 2.24) is 15.2 Å². The number of aromatic amines is 1. The Hall–Kier alpha value is -1.99. The van der Waals surface area contributed by atoms with Crippen LogP contribution in [0.25, 0.3) is 0 Å². The van der Waals surface area contributed by atoms with E-state index >= 15 is 0 Å². The third kappa shape index (κ3) is 2.94. The summed E-state index contributed by atoms with van der Waals surface area (Å²) in [5.41, 5.74) is 0.260. The summed E-state index contributed by atoms with van der Waals surface area (Å²) in [6.45, 7) is 0. The molecule has 0 aliphatic rings. The van der Waals surface area contributed by atoms with Crippen LogP contribution in [0, 0.1) is 0 Å². The number of rotatable bonds is 4. The maximum Gasteiger partial charge on any atom is 0.336 e. The quantitative estimate of drug-likeness (QED) is 0.904. The summed E-state index contributed by atoms with van der Waals surface area (Å²) in [4.78, 5) is 15.9. The molecule has 0 bridgehead atoms. The first kappa shape index (κ1) is 14.4. The molecule has 9 heteroatoms. The van der Waals surface area contributed by atoms with E-state index in [1.54, 1.807) is 0 Å². The Morgan fingerprint density at radius 1 is 1.25 bits per heavy atom. The molecule has 0 unspecified atom stereocenters. The van der Waals surface area contributed by atoms with Gasteiger partial charge in [0.05, 0.1) is 24.3 Å². The van der Waals surface area contributed by atoms with Gasteiger partial charge in [-0.05, 0) is 12.1 Å². The van der Waals surface area contributed by atoms with E-state index in [0.29, 0.717) is 5.75 Å². The normalized spacial score (nSPS) is 10.2. The number of carbonyl (C=O) groups excluding carboxylic acids is 1. The van der Waals surface area contributed by atoms with Gasteiger partial charge in [-0.3, -0.25) is 10.1 Å². The number of nitrogens with one attached hydrogen (secondary N) is 2. The Bertz CT molecular complexity index is 621. The second kappa shape index (κ2) is 5.98. The summed E-state index contributed by atoms with van der Waals surface area (Å²) in [6, 6.07) is 3.00. The fourth-order valence-corrected chi connectivity index (χ4v) is 2.10. The van der Waals surface area contributed by atoms with Gasteiger partial charge in [-0.15, -0.1) is 5.10 Å². The van der Waals surface area contributed by atoms with Crippen molar-refractivity contribution in [2.45, 2.75) is 0 Å². The maximum absolute atomic E-state index is 12.0. The highest BCUT2D eigenvalue weighted by Crippen LogP contribution is 2.33. The lowest BCUT2D eigenvalue weighted by Gasteiger charge is -2.08. The number of anilines is 1. The Morgan fingerprint density at radius 2 is 1.90 bits per heavy atom. The molecule has 0 aliphatic carbocycles. The number of benzene rings is 1. The molecule has 2 rings (SSSR count). The summed E-state index contributed by atoms with van der Waals surface area (Å²) in [6.07, 6.45) is 0. The van der Waals surface area contributed by atoms with E-state index in [4.69, 9.17) is 32.7 Å². The Kier molecular flexibility index (Phi) is 4.31. The molecule has 0 spiro atoms. The van der Waals surface area contributed by atoms with Crippen LogP contribution in [0.1, 0.15) is 10.4 Å². The van der Waals surface area contributed by atoms with Crippen LogP contribution < -0.4 is 14.8 Å². The molecule has 0 aliphatic heterocycles. The van der Waals surface area contributed by atoms with Crippen LogP contribution in [0.2, 0.25) is 10.0 Å². The number of hydrogen-bond acceptors (Lipinski definition) is 5. The third-order valence-corrected chi connectivity index (χ3v) is 2.91. The number of nitrogens with zero attached hydrogens (tertiary/aromatic N) is 2. The first-order valence-electron chi connectivity index (χ1n) is 5.36. The zero-order valence-corrected chi connectivity index (χ0v) is 12.0. The maximum atomic E-state index is 12.0. The molecular formula is C11H10Cl2N4O3. The van der Waals surface area contributed by atoms with Crippen LogP contribution in [0.4, 0.5) is 5.95 Å². The number of H-pyrrole nitrogens is 1. The predicted octanol–water partition coefficient (Wildman–Crippen LogP) is 2.38. The molecule has 1 aromatic heterocycles. The SMILES string of the molecule is COc1n[nH]c(NC(=O)c2cc(Cl)c(OC)c(Cl)c2)n1. The van der Waals surface area contributed by atoms with Crippen molar-refractivity contribution < 1.29 is 14.3 Å². The molecule has 1 heterocycles. The monoisotopic (exact) mass is 316 g/mol. The van der Waals surface area contributed by atoms with Crippen LogP contribution in [0.5, 0.6) is 11.8 Å². The minimum absolute atomic E-state index is 0.117. The molecular weight excluding hydrogens is 307 g/mol. The van der Waals surface area contributed by atoms with Crippen LogP contribution in [0.3, 0.4) is 0 Å². The van der Waals surface area contributed by atoms with Gasteiger partial charge in [0.1, 0.15) is 0 Å². The molecule has 1 amide bonds. The summed E-state index contributed by atoms with van der Waals surface area (Å²) >= 11 is 11.9. The highest BCUT2D eigenvalue weighted by molar-refractivity contribution is 6.37. The predicted molar refractivity (Wildman–Crippen MR) is 73.9 cm³/mol. The molecule has 0 radical (unpaired) electrons. The van der Waals surface area contributed by atoms with Crippen molar-refractivity contribution in [3.8, 4) is 11.8 Å². The lowest BCUT2D eigenvalue weighted by atomic mass is 10.2. The number of amides is 1. The number of hydrogen-bond donors (Lipinski definition) is 2. The highest BCUT2D eigenvalue weighted by Gasteiger charge is 2.15. The van der Waals surface area contributed by atoms with E-state index in [1.165, 1.54) is 26.4 Å². The molecule has 7 nitrogen and oxygen atoms in total. The van der Waals surface area contributed by atoms with E-state index in [9.17, 15) is 4.79 Å². The summed E-state index contributed by atoms with van der Waals surface area (Å²) in [5.74, 6) is 0.0105. The molecule has 20 heavy (non-hydrogen) atoms. The Labute approximate surface area is 124 Å². The van der Waals surface area contributed by atoms with Gasteiger partial charge in [0.2, 0.25) is 5.95 Å². The molecule has 0 saturated carbocycles. The average molecular weight is 317 g/mol. The standard InChI is InChI=1S/C11H10Cl2N4O3/c1-19-8-6(12)3-5(4-7(8)13)9(18)14-10-15-11(20-2)17-16-10/h3-4H,1-2H3,(H2,14,15,16,17,18). The molecule has 0 atom stereocenters.